The summed E-state index contributed by atoms with van der Waals surface area (Å²) in [7, 11) is 0. The van der Waals surface area contributed by atoms with Crippen LogP contribution in [0.1, 0.15) is 11.1 Å². The SMILES string of the molecule is Cc1cccc(C=CC=CC(=O)O)c1. The van der Waals surface area contributed by atoms with Crippen molar-refractivity contribution in [2.75, 3.05) is 0 Å². The van der Waals surface area contributed by atoms with Crippen molar-refractivity contribution in [3.63, 3.8) is 0 Å². The minimum Gasteiger partial charge on any atom is -0.478 e. The first kappa shape index (κ1) is 10.3. The van der Waals surface area contributed by atoms with E-state index in [0.29, 0.717) is 0 Å². The monoisotopic (exact) mass is 188 g/mol. The van der Waals surface area contributed by atoms with E-state index in [1.165, 1.54) is 11.6 Å². The summed E-state index contributed by atoms with van der Waals surface area (Å²) in [5.41, 5.74) is 2.26. The Morgan fingerprint density at radius 2 is 2.14 bits per heavy atom. The highest BCUT2D eigenvalue weighted by molar-refractivity contribution is 5.80. The second kappa shape index (κ2) is 5.02. The van der Waals surface area contributed by atoms with Gasteiger partial charge >= 0.3 is 5.97 Å². The minimum absolute atomic E-state index is 0.932. The quantitative estimate of drug-likeness (QED) is 0.584. The molecule has 1 aromatic rings. The lowest BCUT2D eigenvalue weighted by atomic mass is 10.1. The summed E-state index contributed by atoms with van der Waals surface area (Å²) >= 11 is 0. The summed E-state index contributed by atoms with van der Waals surface area (Å²) < 4.78 is 0. The Morgan fingerprint density at radius 1 is 1.36 bits per heavy atom. The number of carboxylic acid groups (broad SMARTS) is 1. The molecule has 0 aromatic heterocycles. The average Bonchev–Trinajstić information content (AvgIpc) is 2.12. The summed E-state index contributed by atoms with van der Waals surface area (Å²) in [6.45, 7) is 2.02. The number of benzene rings is 1. The van der Waals surface area contributed by atoms with Gasteiger partial charge in [-0.15, -0.1) is 0 Å². The molecule has 0 amide bonds. The Bertz CT molecular complexity index is 376. The van der Waals surface area contributed by atoms with Crippen LogP contribution >= 0.6 is 0 Å². The second-order valence-electron chi connectivity index (χ2n) is 2.97. The summed E-state index contributed by atoms with van der Waals surface area (Å²) in [5, 5.41) is 8.33. The van der Waals surface area contributed by atoms with E-state index in [4.69, 9.17) is 5.11 Å². The molecular formula is C12H12O2. The molecule has 72 valence electrons. The molecule has 2 nitrogen and oxygen atoms in total. The van der Waals surface area contributed by atoms with Crippen LogP contribution in [0.3, 0.4) is 0 Å². The van der Waals surface area contributed by atoms with Crippen molar-refractivity contribution in [2.24, 2.45) is 0 Å². The summed E-state index contributed by atoms with van der Waals surface area (Å²) in [5.74, 6) is -0.932. The Balaban J connectivity index is 2.64. The van der Waals surface area contributed by atoms with Crippen molar-refractivity contribution in [3.8, 4) is 0 Å². The molecule has 1 N–H and O–H groups in total. The zero-order chi connectivity index (χ0) is 10.4. The zero-order valence-corrected chi connectivity index (χ0v) is 7.97. The van der Waals surface area contributed by atoms with Gasteiger partial charge in [-0.25, -0.2) is 4.79 Å². The van der Waals surface area contributed by atoms with Gasteiger partial charge in [0.1, 0.15) is 0 Å². The van der Waals surface area contributed by atoms with Crippen LogP contribution in [-0.2, 0) is 4.79 Å². The van der Waals surface area contributed by atoms with Crippen LogP contribution in [0.4, 0.5) is 0 Å². The van der Waals surface area contributed by atoms with Gasteiger partial charge < -0.3 is 5.11 Å². The first-order chi connectivity index (χ1) is 6.68. The molecule has 0 spiro atoms. The normalized spacial score (nSPS) is 11.2. The molecule has 0 aliphatic rings. The molecule has 0 heterocycles. The highest BCUT2D eigenvalue weighted by Crippen LogP contribution is 2.05. The Hall–Kier alpha value is -1.83. The largest absolute Gasteiger partial charge is 0.478 e. The zero-order valence-electron chi connectivity index (χ0n) is 7.97. The first-order valence-corrected chi connectivity index (χ1v) is 4.33. The van der Waals surface area contributed by atoms with Gasteiger partial charge in [0.2, 0.25) is 0 Å². The van der Waals surface area contributed by atoms with Crippen LogP contribution in [0.2, 0.25) is 0 Å². The molecule has 0 fully saturated rings. The number of allylic oxidation sites excluding steroid dienone is 2. The fourth-order valence-corrected chi connectivity index (χ4v) is 1.08. The van der Waals surface area contributed by atoms with Gasteiger partial charge in [0.05, 0.1) is 0 Å². The van der Waals surface area contributed by atoms with Crippen molar-refractivity contribution < 1.29 is 9.90 Å². The fraction of sp³-hybridized carbons (Fsp3) is 0.0833. The molecule has 1 aromatic carbocycles. The maximum atomic E-state index is 10.1. The smallest absolute Gasteiger partial charge is 0.328 e. The van der Waals surface area contributed by atoms with E-state index in [1.54, 1.807) is 6.08 Å². The van der Waals surface area contributed by atoms with Gasteiger partial charge in [-0.2, -0.15) is 0 Å². The summed E-state index contributed by atoms with van der Waals surface area (Å²) in [6.07, 6.45) is 6.19. The van der Waals surface area contributed by atoms with E-state index in [0.717, 1.165) is 11.6 Å². The van der Waals surface area contributed by atoms with Crippen LogP contribution in [0.5, 0.6) is 0 Å². The molecule has 0 bridgehead atoms. The maximum Gasteiger partial charge on any atom is 0.328 e. The van der Waals surface area contributed by atoms with Gasteiger partial charge in [-0.3, -0.25) is 0 Å². The number of hydrogen-bond donors (Lipinski definition) is 1. The number of aryl methyl sites for hydroxylation is 1. The highest BCUT2D eigenvalue weighted by atomic mass is 16.4. The second-order valence-corrected chi connectivity index (χ2v) is 2.97. The van der Waals surface area contributed by atoms with Crippen molar-refractivity contribution in [1.29, 1.82) is 0 Å². The Morgan fingerprint density at radius 3 is 2.79 bits per heavy atom. The number of hydrogen-bond acceptors (Lipinski definition) is 1. The van der Waals surface area contributed by atoms with E-state index < -0.39 is 5.97 Å². The topological polar surface area (TPSA) is 37.3 Å². The first-order valence-electron chi connectivity index (χ1n) is 4.33. The molecule has 0 saturated heterocycles. The summed E-state index contributed by atoms with van der Waals surface area (Å²) in [4.78, 5) is 10.1. The molecule has 0 atom stereocenters. The minimum atomic E-state index is -0.932. The molecule has 0 radical (unpaired) electrons. The average molecular weight is 188 g/mol. The molecule has 0 aliphatic heterocycles. The molecule has 0 unspecified atom stereocenters. The van der Waals surface area contributed by atoms with Crippen molar-refractivity contribution in [1.82, 2.24) is 0 Å². The summed E-state index contributed by atoms with van der Waals surface area (Å²) in [6, 6.07) is 7.99. The molecule has 0 saturated carbocycles. The predicted molar refractivity (Wildman–Crippen MR) is 57.0 cm³/mol. The molecular weight excluding hydrogens is 176 g/mol. The van der Waals surface area contributed by atoms with Crippen LogP contribution in [0.15, 0.2) is 42.5 Å². The fourth-order valence-electron chi connectivity index (χ4n) is 1.08. The third-order valence-electron chi connectivity index (χ3n) is 1.68. The Kier molecular flexibility index (Phi) is 3.68. The molecule has 2 heteroatoms. The number of carbonyl (C=O) groups is 1. The van der Waals surface area contributed by atoms with Crippen LogP contribution < -0.4 is 0 Å². The van der Waals surface area contributed by atoms with Crippen LogP contribution in [-0.4, -0.2) is 11.1 Å². The van der Waals surface area contributed by atoms with Gasteiger partial charge in [0.15, 0.2) is 0 Å². The lowest BCUT2D eigenvalue weighted by molar-refractivity contribution is -0.131. The van der Waals surface area contributed by atoms with E-state index in [1.807, 2.05) is 37.3 Å². The van der Waals surface area contributed by atoms with E-state index in [-0.39, 0.29) is 0 Å². The number of carboxylic acids is 1. The van der Waals surface area contributed by atoms with E-state index in [9.17, 15) is 4.79 Å². The molecule has 14 heavy (non-hydrogen) atoms. The van der Waals surface area contributed by atoms with Gasteiger partial charge in [-0.1, -0.05) is 48.1 Å². The van der Waals surface area contributed by atoms with Crippen molar-refractivity contribution >= 4 is 12.0 Å². The standard InChI is InChI=1S/C12H12O2/c1-10-5-4-7-11(9-10)6-2-3-8-12(13)14/h2-9H,1H3,(H,13,14). The van der Waals surface area contributed by atoms with Crippen molar-refractivity contribution in [2.45, 2.75) is 6.92 Å². The third-order valence-corrected chi connectivity index (χ3v) is 1.68. The number of aliphatic carboxylic acids is 1. The molecule has 0 aliphatic carbocycles. The Labute approximate surface area is 83.2 Å². The lowest BCUT2D eigenvalue weighted by Crippen LogP contribution is -1.84. The van der Waals surface area contributed by atoms with Crippen LogP contribution in [0.25, 0.3) is 6.08 Å². The molecule has 1 rings (SSSR count). The third kappa shape index (κ3) is 3.72. The van der Waals surface area contributed by atoms with E-state index >= 15 is 0 Å². The predicted octanol–water partition coefficient (Wildman–Crippen LogP) is 2.65. The van der Waals surface area contributed by atoms with Gasteiger partial charge in [0.25, 0.3) is 0 Å². The maximum absolute atomic E-state index is 10.1. The van der Waals surface area contributed by atoms with Gasteiger partial charge in [-0.05, 0) is 12.5 Å². The van der Waals surface area contributed by atoms with Crippen molar-refractivity contribution in [3.05, 3.63) is 53.6 Å². The highest BCUT2D eigenvalue weighted by Gasteiger charge is 1.86. The van der Waals surface area contributed by atoms with Crippen LogP contribution in [0, 0.1) is 6.92 Å². The lowest BCUT2D eigenvalue weighted by Gasteiger charge is -1.93. The van der Waals surface area contributed by atoms with Gasteiger partial charge in [0, 0.05) is 6.08 Å². The number of rotatable bonds is 3. The van der Waals surface area contributed by atoms with E-state index in [2.05, 4.69) is 0 Å².